The van der Waals surface area contributed by atoms with Crippen molar-refractivity contribution >= 4 is 11.9 Å². The Labute approximate surface area is 284 Å². The van der Waals surface area contributed by atoms with Crippen LogP contribution in [-0.4, -0.2) is 93.8 Å². The van der Waals surface area contributed by atoms with Crippen molar-refractivity contribution in [1.29, 1.82) is 0 Å². The van der Waals surface area contributed by atoms with Crippen molar-refractivity contribution in [2.24, 2.45) is 56.7 Å². The molecule has 0 unspecified atom stereocenters. The largest absolute Gasteiger partial charge is 0.481 e. The first-order valence-electron chi connectivity index (χ1n) is 18.0. The molecule has 0 amide bonds. The average molecular weight is 679 g/mol. The van der Waals surface area contributed by atoms with Crippen LogP contribution in [0.3, 0.4) is 0 Å². The second-order valence-corrected chi connectivity index (χ2v) is 17.6. The first kappa shape index (κ1) is 36.2. The third-order valence-electron chi connectivity index (χ3n) is 15.2. The first-order chi connectivity index (χ1) is 22.3. The van der Waals surface area contributed by atoms with Gasteiger partial charge >= 0.3 is 11.9 Å². The van der Waals surface area contributed by atoms with Gasteiger partial charge in [-0.3, -0.25) is 9.59 Å². The second-order valence-electron chi connectivity index (χ2n) is 17.6. The van der Waals surface area contributed by atoms with E-state index in [1.54, 1.807) is 0 Å². The summed E-state index contributed by atoms with van der Waals surface area (Å²) in [5.41, 5.74) is -0.996. The monoisotopic (exact) mass is 678 g/mol. The molecular formula is C37H58O11. The molecule has 48 heavy (non-hydrogen) atoms. The molecule has 6 aliphatic rings. The summed E-state index contributed by atoms with van der Waals surface area (Å²) in [4.78, 5) is 25.9. The summed E-state index contributed by atoms with van der Waals surface area (Å²) in [6.07, 6.45) is -3.01. The molecule has 2 heterocycles. The number of allylic oxidation sites excluding steroid dienone is 1. The number of fused-ring (bicyclic) bond motifs is 3. The topological polar surface area (TPSA) is 172 Å². The van der Waals surface area contributed by atoms with Crippen molar-refractivity contribution in [3.05, 3.63) is 11.6 Å². The zero-order valence-corrected chi connectivity index (χ0v) is 29.8. The molecule has 0 aromatic rings. The Bertz CT molecular complexity index is 1320. The molecule has 6 rings (SSSR count). The van der Waals surface area contributed by atoms with Crippen molar-refractivity contribution < 1.29 is 54.1 Å². The minimum atomic E-state index is -1.77. The van der Waals surface area contributed by atoms with E-state index in [9.17, 15) is 35.1 Å². The van der Waals surface area contributed by atoms with Gasteiger partial charge in [0.25, 0.3) is 0 Å². The Balaban J connectivity index is 1.40. The van der Waals surface area contributed by atoms with Gasteiger partial charge in [0.05, 0.1) is 19.1 Å². The second kappa shape index (κ2) is 12.0. The van der Waals surface area contributed by atoms with E-state index in [1.807, 2.05) is 0 Å². The summed E-state index contributed by atoms with van der Waals surface area (Å²) < 4.78 is 24.3. The van der Waals surface area contributed by atoms with Crippen molar-refractivity contribution in [2.75, 3.05) is 13.2 Å². The lowest BCUT2D eigenvalue weighted by Crippen LogP contribution is -2.71. The molecular weight excluding hydrogens is 620 g/mol. The van der Waals surface area contributed by atoms with Crippen molar-refractivity contribution in [3.63, 3.8) is 0 Å². The number of esters is 1. The highest BCUT2D eigenvalue weighted by Gasteiger charge is 2.72. The SMILES string of the molecule is CC(=O)O[C@@H]1C[C@@]23COC[C@@](C)([C@@H]2CC[C@H]2C3=CC[C@@]3(C)[C@H](C(=O)O)[C@@](C)([C@H](C)C(C)C)CC[C@]23C)[C@H]1O[C@@H]1O[C@H](O)[C@@H](O)[C@H](O)[C@H]1O. The molecule has 5 N–H and O–H groups in total. The van der Waals surface area contributed by atoms with Crippen LogP contribution in [0.5, 0.6) is 0 Å². The van der Waals surface area contributed by atoms with E-state index in [2.05, 4.69) is 54.5 Å². The molecule has 3 saturated carbocycles. The zero-order chi connectivity index (χ0) is 35.4. The highest BCUT2D eigenvalue weighted by molar-refractivity contribution is 5.73. The van der Waals surface area contributed by atoms with E-state index in [0.717, 1.165) is 25.7 Å². The van der Waals surface area contributed by atoms with Crippen LogP contribution in [-0.2, 0) is 28.5 Å². The molecule has 16 atom stereocenters. The number of hydrogen-bond donors (Lipinski definition) is 5. The van der Waals surface area contributed by atoms with Crippen LogP contribution in [0, 0.1) is 56.7 Å². The number of aliphatic hydroxyl groups excluding tert-OH is 4. The highest BCUT2D eigenvalue weighted by Crippen LogP contribution is 2.75. The van der Waals surface area contributed by atoms with Crippen LogP contribution < -0.4 is 0 Å². The fourth-order valence-electron chi connectivity index (χ4n) is 12.2. The minimum Gasteiger partial charge on any atom is -0.481 e. The summed E-state index contributed by atoms with van der Waals surface area (Å²) in [7, 11) is 0. The summed E-state index contributed by atoms with van der Waals surface area (Å²) in [5.74, 6) is -0.917. The summed E-state index contributed by atoms with van der Waals surface area (Å²) in [6.45, 7) is 17.5. The third-order valence-corrected chi connectivity index (χ3v) is 15.2. The lowest BCUT2D eigenvalue weighted by Gasteiger charge is -2.71. The van der Waals surface area contributed by atoms with Crippen LogP contribution in [0.2, 0.25) is 0 Å². The van der Waals surface area contributed by atoms with Crippen LogP contribution >= 0.6 is 0 Å². The molecule has 11 heteroatoms. The normalized spacial score (nSPS) is 52.3. The van der Waals surface area contributed by atoms with Crippen molar-refractivity contribution in [2.45, 2.75) is 137 Å². The van der Waals surface area contributed by atoms with Gasteiger partial charge in [-0.25, -0.2) is 0 Å². The predicted octanol–water partition coefficient (Wildman–Crippen LogP) is 3.65. The van der Waals surface area contributed by atoms with E-state index in [1.165, 1.54) is 12.5 Å². The van der Waals surface area contributed by atoms with Gasteiger partial charge in [0.1, 0.15) is 30.5 Å². The lowest BCUT2D eigenvalue weighted by molar-refractivity contribution is -0.372. The molecule has 0 aromatic heterocycles. The average Bonchev–Trinajstić information content (AvgIpc) is 3.00. The van der Waals surface area contributed by atoms with E-state index < -0.39 is 77.2 Å². The van der Waals surface area contributed by atoms with Gasteiger partial charge in [-0.2, -0.15) is 0 Å². The van der Waals surface area contributed by atoms with Gasteiger partial charge in [0, 0.05) is 17.8 Å². The number of aliphatic hydroxyl groups is 4. The number of carboxylic acid groups (broad SMARTS) is 1. The van der Waals surface area contributed by atoms with E-state index in [0.29, 0.717) is 32.0 Å². The van der Waals surface area contributed by atoms with Gasteiger partial charge in [-0.05, 0) is 78.4 Å². The number of rotatable bonds is 6. The summed E-state index contributed by atoms with van der Waals surface area (Å²) in [6, 6.07) is 0. The van der Waals surface area contributed by atoms with Crippen LogP contribution in [0.25, 0.3) is 0 Å². The fourth-order valence-corrected chi connectivity index (χ4v) is 12.2. The Morgan fingerprint density at radius 3 is 2.25 bits per heavy atom. The maximum Gasteiger partial charge on any atom is 0.307 e. The number of hydrogen-bond acceptors (Lipinski definition) is 10. The number of aliphatic carboxylic acids is 1. The highest BCUT2D eigenvalue weighted by atomic mass is 16.8. The smallest absolute Gasteiger partial charge is 0.307 e. The predicted molar refractivity (Wildman–Crippen MR) is 173 cm³/mol. The number of ether oxygens (including phenoxy) is 4. The van der Waals surface area contributed by atoms with Crippen LogP contribution in [0.1, 0.15) is 93.9 Å². The Morgan fingerprint density at radius 2 is 1.62 bits per heavy atom. The Kier molecular flexibility index (Phi) is 9.04. The maximum atomic E-state index is 13.4. The Morgan fingerprint density at radius 1 is 0.938 bits per heavy atom. The number of carboxylic acids is 1. The molecule has 2 aliphatic heterocycles. The van der Waals surface area contributed by atoms with Gasteiger partial charge < -0.3 is 44.5 Å². The van der Waals surface area contributed by atoms with Gasteiger partial charge in [-0.15, -0.1) is 0 Å². The zero-order valence-electron chi connectivity index (χ0n) is 29.8. The lowest BCUT2D eigenvalue weighted by atomic mass is 9.34. The molecule has 2 bridgehead atoms. The Hall–Kier alpha value is -1.60. The summed E-state index contributed by atoms with van der Waals surface area (Å²) in [5, 5.41) is 52.4. The van der Waals surface area contributed by atoms with E-state index in [4.69, 9.17) is 18.9 Å². The molecule has 0 radical (unpaired) electrons. The molecule has 2 saturated heterocycles. The van der Waals surface area contributed by atoms with E-state index in [-0.39, 0.29) is 28.6 Å². The summed E-state index contributed by atoms with van der Waals surface area (Å²) >= 11 is 0. The molecule has 272 valence electrons. The first-order valence-corrected chi connectivity index (χ1v) is 18.0. The third kappa shape index (κ3) is 4.92. The minimum absolute atomic E-state index is 0.0530. The quantitative estimate of drug-likeness (QED) is 0.158. The van der Waals surface area contributed by atoms with Gasteiger partial charge in [0.2, 0.25) is 0 Å². The van der Waals surface area contributed by atoms with Crippen LogP contribution in [0.4, 0.5) is 0 Å². The van der Waals surface area contributed by atoms with E-state index >= 15 is 0 Å². The van der Waals surface area contributed by atoms with Crippen molar-refractivity contribution in [3.8, 4) is 0 Å². The molecule has 4 aliphatic carbocycles. The molecule has 0 aromatic carbocycles. The van der Waals surface area contributed by atoms with Crippen molar-refractivity contribution in [1.82, 2.24) is 0 Å². The van der Waals surface area contributed by atoms with Gasteiger partial charge in [0.15, 0.2) is 12.6 Å². The molecule has 0 spiro atoms. The van der Waals surface area contributed by atoms with Crippen LogP contribution in [0.15, 0.2) is 11.6 Å². The standard InChI is InChI=1S/C37H58O11/c1-18(2)19(3)33(5)13-14-35(7)21-9-10-24-34(6)16-45-17-37(24,22(21)11-12-36(35,8)28(33)30(42)43)15-23(46-20(4)38)29(34)47-32-27(41)25(39)26(40)31(44)48-32/h11,18-19,21,23-29,31-32,39-41,44H,9-10,12-17H2,1-8H3,(H,42,43)/t19-,21+,23-,24+,25+,26+,27-,28-,29+,31+,32-,33-,34+,35-,36+,37+/m1/s1. The molecule has 5 fully saturated rings. The molecule has 11 nitrogen and oxygen atoms in total. The number of carbonyl (C=O) groups excluding carboxylic acids is 1. The number of carbonyl (C=O) groups is 2. The fraction of sp³-hybridized carbons (Fsp3) is 0.892. The maximum absolute atomic E-state index is 13.4. The van der Waals surface area contributed by atoms with Gasteiger partial charge in [-0.1, -0.05) is 60.1 Å².